The van der Waals surface area contributed by atoms with Gasteiger partial charge in [0.05, 0.1) is 0 Å². The van der Waals surface area contributed by atoms with Crippen molar-refractivity contribution in [2.24, 2.45) is 11.8 Å². The molecule has 0 unspecified atom stereocenters. The smallest absolute Gasteiger partial charge is 0.251 e. The van der Waals surface area contributed by atoms with Gasteiger partial charge in [-0.2, -0.15) is 0 Å². The van der Waals surface area contributed by atoms with Gasteiger partial charge in [-0.15, -0.1) is 0 Å². The summed E-state index contributed by atoms with van der Waals surface area (Å²) in [6.45, 7) is 4.76. The summed E-state index contributed by atoms with van der Waals surface area (Å²) in [5.74, 6) is 1.54. The van der Waals surface area contributed by atoms with Crippen LogP contribution in [-0.2, 0) is 0 Å². The van der Waals surface area contributed by atoms with E-state index in [1.165, 1.54) is 25.9 Å². The summed E-state index contributed by atoms with van der Waals surface area (Å²) in [4.78, 5) is 30.3. The third-order valence-electron chi connectivity index (χ3n) is 7.34. The number of furan rings is 1. The molecular weight excluding hydrogens is 426 g/mol. The number of nitrogens with one attached hydrogen (secondary N) is 1. The number of fused-ring (bicyclic) bond motifs is 4. The number of amides is 1. The van der Waals surface area contributed by atoms with E-state index >= 15 is 0 Å². The standard InChI is InChI=1S/C28H33N3O3/c1-30(2)14-11-29-28(33)22-7-3-5-20(15-22)24-8-4-6-21-17-26(34-27(21)24)25(32)16-23-18-31-12-9-19(23)10-13-31/h3-8,15,17,19,23H,9-14,16,18H2,1-2H3,(H,29,33)/t23-/m0/s1. The highest BCUT2D eigenvalue weighted by molar-refractivity contribution is 6.02. The fourth-order valence-electron chi connectivity index (χ4n) is 5.41. The zero-order valence-electron chi connectivity index (χ0n) is 20.0. The van der Waals surface area contributed by atoms with Crippen LogP contribution in [0.2, 0.25) is 0 Å². The van der Waals surface area contributed by atoms with Crippen LogP contribution in [0.1, 0.15) is 40.2 Å². The lowest BCUT2D eigenvalue weighted by atomic mass is 9.76. The molecule has 34 heavy (non-hydrogen) atoms. The average Bonchev–Trinajstić information content (AvgIpc) is 3.29. The number of piperidine rings is 3. The number of rotatable bonds is 8. The minimum atomic E-state index is -0.0938. The van der Waals surface area contributed by atoms with Gasteiger partial charge in [0.1, 0.15) is 5.58 Å². The van der Waals surface area contributed by atoms with Gasteiger partial charge in [0.25, 0.3) is 5.91 Å². The van der Waals surface area contributed by atoms with E-state index in [-0.39, 0.29) is 11.7 Å². The molecule has 3 aliphatic heterocycles. The lowest BCUT2D eigenvalue weighted by molar-refractivity contribution is 0.0433. The largest absolute Gasteiger partial charge is 0.452 e. The molecule has 1 atom stereocenters. The predicted molar refractivity (Wildman–Crippen MR) is 134 cm³/mol. The first-order chi connectivity index (χ1) is 16.5. The van der Waals surface area contributed by atoms with Gasteiger partial charge in [0.2, 0.25) is 0 Å². The molecule has 0 spiro atoms. The number of nitrogens with zero attached hydrogens (tertiary/aromatic N) is 2. The molecule has 2 aromatic carbocycles. The zero-order valence-corrected chi connectivity index (χ0v) is 20.0. The monoisotopic (exact) mass is 459 g/mol. The Bertz CT molecular complexity index is 1190. The van der Waals surface area contributed by atoms with E-state index in [2.05, 4.69) is 10.2 Å². The molecule has 1 amide bonds. The number of hydrogen-bond donors (Lipinski definition) is 1. The second-order valence-electron chi connectivity index (χ2n) is 10.00. The summed E-state index contributed by atoms with van der Waals surface area (Å²) < 4.78 is 6.16. The number of likely N-dealkylation sites (N-methyl/N-ethyl adjacent to an activating group) is 1. The van der Waals surface area contributed by atoms with Gasteiger partial charge >= 0.3 is 0 Å². The number of hydrogen-bond acceptors (Lipinski definition) is 5. The first-order valence-electron chi connectivity index (χ1n) is 12.3. The number of carbonyl (C=O) groups excluding carboxylic acids is 2. The summed E-state index contributed by atoms with van der Waals surface area (Å²) in [5.41, 5.74) is 3.10. The molecule has 6 heteroatoms. The molecule has 4 heterocycles. The summed E-state index contributed by atoms with van der Waals surface area (Å²) in [6.07, 6.45) is 2.97. The average molecular weight is 460 g/mol. The second-order valence-corrected chi connectivity index (χ2v) is 10.00. The van der Waals surface area contributed by atoms with Crippen LogP contribution >= 0.6 is 0 Å². The van der Waals surface area contributed by atoms with Crippen molar-refractivity contribution in [3.63, 3.8) is 0 Å². The summed E-state index contributed by atoms with van der Waals surface area (Å²) in [7, 11) is 3.96. The molecule has 6 rings (SSSR count). The highest BCUT2D eigenvalue weighted by Gasteiger charge is 2.35. The van der Waals surface area contributed by atoms with Crippen LogP contribution < -0.4 is 5.32 Å². The first-order valence-corrected chi connectivity index (χ1v) is 12.3. The van der Waals surface area contributed by atoms with Crippen LogP contribution in [0, 0.1) is 11.8 Å². The quantitative estimate of drug-likeness (QED) is 0.509. The van der Waals surface area contributed by atoms with E-state index in [0.717, 1.165) is 29.6 Å². The van der Waals surface area contributed by atoms with Crippen molar-refractivity contribution in [2.75, 3.05) is 46.8 Å². The van der Waals surface area contributed by atoms with Crippen molar-refractivity contribution in [1.29, 1.82) is 0 Å². The zero-order chi connectivity index (χ0) is 23.7. The predicted octanol–water partition coefficient (Wildman–Crippen LogP) is 4.31. The van der Waals surface area contributed by atoms with E-state index in [1.807, 2.05) is 67.5 Å². The van der Waals surface area contributed by atoms with Crippen LogP contribution in [-0.4, -0.2) is 68.3 Å². The van der Waals surface area contributed by atoms with E-state index < -0.39 is 0 Å². The Kier molecular flexibility index (Phi) is 6.53. The second kappa shape index (κ2) is 9.72. The van der Waals surface area contributed by atoms with Crippen molar-refractivity contribution in [2.45, 2.75) is 19.3 Å². The van der Waals surface area contributed by atoms with Crippen LogP contribution in [0.5, 0.6) is 0 Å². The van der Waals surface area contributed by atoms with Crippen molar-refractivity contribution >= 4 is 22.7 Å². The van der Waals surface area contributed by atoms with Crippen molar-refractivity contribution in [1.82, 2.24) is 15.1 Å². The van der Waals surface area contributed by atoms with Crippen LogP contribution in [0.3, 0.4) is 0 Å². The number of Topliss-reactive ketones (excluding diaryl/α,β-unsaturated/α-hetero) is 1. The van der Waals surface area contributed by atoms with Crippen LogP contribution in [0.25, 0.3) is 22.1 Å². The van der Waals surface area contributed by atoms with Gasteiger partial charge in [-0.25, -0.2) is 0 Å². The maximum atomic E-state index is 13.1. The molecule has 2 bridgehead atoms. The van der Waals surface area contributed by atoms with Gasteiger partial charge < -0.3 is 19.5 Å². The van der Waals surface area contributed by atoms with Gasteiger partial charge in [-0.1, -0.05) is 30.3 Å². The summed E-state index contributed by atoms with van der Waals surface area (Å²) in [6, 6.07) is 15.4. The molecule has 0 saturated carbocycles. The van der Waals surface area contributed by atoms with Crippen LogP contribution in [0.15, 0.2) is 52.9 Å². The number of carbonyl (C=O) groups is 2. The summed E-state index contributed by atoms with van der Waals surface area (Å²) >= 11 is 0. The molecule has 178 valence electrons. The third-order valence-corrected chi connectivity index (χ3v) is 7.34. The van der Waals surface area contributed by atoms with Gasteiger partial charge in [-0.3, -0.25) is 9.59 Å². The van der Waals surface area contributed by atoms with Crippen molar-refractivity contribution in [3.8, 4) is 11.1 Å². The molecule has 3 fully saturated rings. The maximum Gasteiger partial charge on any atom is 0.251 e. The number of ketones is 1. The SMILES string of the molecule is CN(C)CCNC(=O)c1cccc(-c2cccc3cc(C(=O)C[C@H]4CN5CCC4CC5)oc23)c1. The molecule has 3 saturated heterocycles. The maximum absolute atomic E-state index is 13.1. The van der Waals surface area contributed by atoms with Crippen molar-refractivity contribution < 1.29 is 14.0 Å². The van der Waals surface area contributed by atoms with E-state index in [4.69, 9.17) is 4.42 Å². The molecule has 3 aromatic rings. The minimum Gasteiger partial charge on any atom is -0.452 e. The number of benzene rings is 2. The molecular formula is C28H33N3O3. The van der Waals surface area contributed by atoms with Gasteiger partial charge in [0, 0.05) is 42.6 Å². The topological polar surface area (TPSA) is 65.8 Å². The van der Waals surface area contributed by atoms with Crippen molar-refractivity contribution in [3.05, 3.63) is 59.9 Å². The molecule has 0 radical (unpaired) electrons. The van der Waals surface area contributed by atoms with E-state index in [0.29, 0.717) is 41.7 Å². The molecule has 0 aliphatic carbocycles. The highest BCUT2D eigenvalue weighted by Crippen LogP contribution is 2.36. The molecule has 1 aromatic heterocycles. The molecule has 3 aliphatic rings. The Labute approximate surface area is 200 Å². The van der Waals surface area contributed by atoms with Gasteiger partial charge in [0.15, 0.2) is 11.5 Å². The minimum absolute atomic E-state index is 0.0925. The van der Waals surface area contributed by atoms with E-state index in [1.54, 1.807) is 0 Å². The fraction of sp³-hybridized carbons (Fsp3) is 0.429. The third kappa shape index (κ3) is 4.79. The first kappa shape index (κ1) is 22.8. The van der Waals surface area contributed by atoms with Crippen LogP contribution in [0.4, 0.5) is 0 Å². The fourth-order valence-corrected chi connectivity index (χ4v) is 5.41. The van der Waals surface area contributed by atoms with Gasteiger partial charge in [-0.05, 0) is 75.6 Å². The highest BCUT2D eigenvalue weighted by atomic mass is 16.3. The normalized spacial score (nSPS) is 21.8. The Hall–Kier alpha value is -2.96. The molecule has 6 nitrogen and oxygen atoms in total. The lowest BCUT2D eigenvalue weighted by Gasteiger charge is -2.44. The van der Waals surface area contributed by atoms with E-state index in [9.17, 15) is 9.59 Å². The Morgan fingerprint density at radius 1 is 1.09 bits per heavy atom. The summed E-state index contributed by atoms with van der Waals surface area (Å²) in [5, 5.41) is 3.88. The lowest BCUT2D eigenvalue weighted by Crippen LogP contribution is -2.47. The Morgan fingerprint density at radius 3 is 2.62 bits per heavy atom. The number of para-hydroxylation sites is 1. The molecule has 1 N–H and O–H groups in total. The Morgan fingerprint density at radius 2 is 1.88 bits per heavy atom. The Balaban J connectivity index is 1.36.